The molecule has 0 spiro atoms. The molecule has 0 aliphatic heterocycles. The van der Waals surface area contributed by atoms with Gasteiger partial charge in [0.25, 0.3) is 0 Å². The maximum Gasteiger partial charge on any atom is 0.348 e. The highest BCUT2D eigenvalue weighted by atomic mass is 32.1. The van der Waals surface area contributed by atoms with Gasteiger partial charge in [0, 0.05) is 11.0 Å². The topological polar surface area (TPSA) is 132 Å². The van der Waals surface area contributed by atoms with Crippen molar-refractivity contribution in [2.75, 3.05) is 17.7 Å². The Labute approximate surface area is 182 Å². The summed E-state index contributed by atoms with van der Waals surface area (Å²) < 4.78 is 10.3. The first-order valence-corrected chi connectivity index (χ1v) is 10.7. The van der Waals surface area contributed by atoms with Crippen LogP contribution in [-0.2, 0) is 20.9 Å². The van der Waals surface area contributed by atoms with Crippen molar-refractivity contribution in [2.24, 2.45) is 5.41 Å². The lowest BCUT2D eigenvalue weighted by molar-refractivity contribution is -0.123. The lowest BCUT2D eigenvalue weighted by Gasteiger charge is -2.16. The summed E-state index contributed by atoms with van der Waals surface area (Å²) in [4.78, 5) is 37.4. The number of nitrogens with zero attached hydrogens (tertiary/aromatic N) is 1. The fourth-order valence-corrected chi connectivity index (χ4v) is 4.23. The average molecular weight is 450 g/mol. The number of thiophene rings is 2. The first-order valence-electron chi connectivity index (χ1n) is 9.06. The lowest BCUT2D eigenvalue weighted by Crippen LogP contribution is -2.27. The molecule has 2 heterocycles. The second-order valence-corrected chi connectivity index (χ2v) is 9.49. The Morgan fingerprint density at radius 1 is 1.17 bits per heavy atom. The van der Waals surface area contributed by atoms with Crippen LogP contribution in [0.1, 0.15) is 63.7 Å². The van der Waals surface area contributed by atoms with E-state index in [1.807, 2.05) is 6.07 Å². The second-order valence-electron chi connectivity index (χ2n) is 7.38. The molecule has 2 aromatic heterocycles. The number of carbonyl (C=O) groups is 3. The molecule has 8 nitrogen and oxygen atoms in total. The zero-order valence-corrected chi connectivity index (χ0v) is 19.0. The fraction of sp³-hybridized carbons (Fsp3) is 0.400. The largest absolute Gasteiger partial charge is 0.462 e. The summed E-state index contributed by atoms with van der Waals surface area (Å²) in [7, 11) is 0. The van der Waals surface area contributed by atoms with Crippen LogP contribution in [0.4, 0.5) is 10.0 Å². The third-order valence-electron chi connectivity index (χ3n) is 3.98. The number of rotatable bonds is 6. The van der Waals surface area contributed by atoms with Crippen LogP contribution in [-0.4, -0.2) is 24.5 Å². The summed E-state index contributed by atoms with van der Waals surface area (Å²) >= 11 is 2.02. The van der Waals surface area contributed by atoms with E-state index in [0.717, 1.165) is 22.7 Å². The summed E-state index contributed by atoms with van der Waals surface area (Å²) in [5.41, 5.74) is 6.21. The molecule has 30 heavy (non-hydrogen) atoms. The van der Waals surface area contributed by atoms with Gasteiger partial charge in [0.2, 0.25) is 5.91 Å². The molecule has 1 amide bonds. The Balaban J connectivity index is 2.20. The highest BCUT2D eigenvalue weighted by Gasteiger charge is 2.26. The van der Waals surface area contributed by atoms with Crippen LogP contribution in [0.2, 0.25) is 0 Å². The van der Waals surface area contributed by atoms with Crippen LogP contribution in [0.5, 0.6) is 0 Å². The van der Waals surface area contributed by atoms with Gasteiger partial charge in [-0.1, -0.05) is 20.8 Å². The van der Waals surface area contributed by atoms with Gasteiger partial charge in [-0.15, -0.1) is 22.7 Å². The van der Waals surface area contributed by atoms with E-state index in [9.17, 15) is 19.6 Å². The number of nitrogens with one attached hydrogen (secondary N) is 1. The van der Waals surface area contributed by atoms with Crippen molar-refractivity contribution >= 4 is 50.5 Å². The zero-order valence-electron chi connectivity index (χ0n) is 17.4. The molecule has 0 aliphatic rings. The van der Waals surface area contributed by atoms with Gasteiger partial charge >= 0.3 is 11.9 Å². The van der Waals surface area contributed by atoms with E-state index < -0.39 is 17.4 Å². The molecule has 0 aromatic carbocycles. The van der Waals surface area contributed by atoms with Crippen molar-refractivity contribution in [3.05, 3.63) is 32.5 Å². The van der Waals surface area contributed by atoms with E-state index in [1.54, 1.807) is 40.7 Å². The summed E-state index contributed by atoms with van der Waals surface area (Å²) in [6.45, 7) is 8.62. The number of ether oxygens (including phenoxy) is 2. The summed E-state index contributed by atoms with van der Waals surface area (Å²) in [5.74, 6) is -1.42. The Morgan fingerprint density at radius 3 is 2.37 bits per heavy atom. The molecule has 2 rings (SSSR count). The first kappa shape index (κ1) is 23.4. The van der Waals surface area contributed by atoms with Crippen LogP contribution in [0.15, 0.2) is 6.07 Å². The van der Waals surface area contributed by atoms with Crippen molar-refractivity contribution in [1.29, 1.82) is 5.26 Å². The number of hydrogen-bond donors (Lipinski definition) is 2. The molecule has 160 valence electrons. The minimum Gasteiger partial charge on any atom is -0.462 e. The zero-order chi connectivity index (χ0) is 22.6. The van der Waals surface area contributed by atoms with Gasteiger partial charge in [0.05, 0.1) is 17.2 Å². The van der Waals surface area contributed by atoms with E-state index >= 15 is 0 Å². The van der Waals surface area contributed by atoms with Crippen molar-refractivity contribution in [3.63, 3.8) is 0 Å². The minimum absolute atomic E-state index is 0.0943. The van der Waals surface area contributed by atoms with Gasteiger partial charge in [-0.25, -0.2) is 9.59 Å². The van der Waals surface area contributed by atoms with E-state index in [2.05, 4.69) is 5.32 Å². The molecule has 0 atom stereocenters. The van der Waals surface area contributed by atoms with E-state index in [-0.39, 0.29) is 40.1 Å². The number of nitriles is 1. The average Bonchev–Trinajstić information content (AvgIpc) is 3.18. The summed E-state index contributed by atoms with van der Waals surface area (Å²) in [5, 5.41) is 12.8. The van der Waals surface area contributed by atoms with Gasteiger partial charge in [0.1, 0.15) is 27.4 Å². The van der Waals surface area contributed by atoms with Crippen molar-refractivity contribution in [1.82, 2.24) is 0 Å². The quantitative estimate of drug-likeness (QED) is 0.635. The molecular weight excluding hydrogens is 426 g/mol. The van der Waals surface area contributed by atoms with Gasteiger partial charge in [0.15, 0.2) is 0 Å². The Hall–Kier alpha value is -2.90. The van der Waals surface area contributed by atoms with Crippen molar-refractivity contribution in [3.8, 4) is 6.07 Å². The highest BCUT2D eigenvalue weighted by molar-refractivity contribution is 7.18. The molecule has 0 aliphatic carbocycles. The van der Waals surface area contributed by atoms with Crippen LogP contribution in [0, 0.1) is 23.7 Å². The lowest BCUT2D eigenvalue weighted by atomic mass is 9.96. The van der Waals surface area contributed by atoms with Crippen LogP contribution >= 0.6 is 22.7 Å². The van der Waals surface area contributed by atoms with Crippen LogP contribution in [0.25, 0.3) is 0 Å². The third kappa shape index (κ3) is 5.17. The molecular formula is C20H23N3O5S2. The monoisotopic (exact) mass is 449 g/mol. The Morgan fingerprint density at radius 2 is 1.80 bits per heavy atom. The number of carbonyl (C=O) groups excluding carboxylic acids is 3. The molecule has 0 radical (unpaired) electrons. The van der Waals surface area contributed by atoms with E-state index in [1.165, 1.54) is 0 Å². The number of nitrogens with two attached hydrogens (primary N) is 1. The molecule has 0 unspecified atom stereocenters. The van der Waals surface area contributed by atoms with Crippen molar-refractivity contribution < 1.29 is 23.9 Å². The molecule has 0 fully saturated rings. The van der Waals surface area contributed by atoms with Gasteiger partial charge in [-0.3, -0.25) is 4.79 Å². The number of hydrogen-bond acceptors (Lipinski definition) is 9. The normalized spacial score (nSPS) is 10.9. The molecule has 10 heteroatoms. The van der Waals surface area contributed by atoms with Gasteiger partial charge < -0.3 is 20.5 Å². The predicted molar refractivity (Wildman–Crippen MR) is 116 cm³/mol. The molecule has 2 aromatic rings. The molecule has 0 saturated heterocycles. The van der Waals surface area contributed by atoms with Crippen molar-refractivity contribution in [2.45, 2.75) is 41.2 Å². The highest BCUT2D eigenvalue weighted by Crippen LogP contribution is 2.33. The number of esters is 2. The van der Waals surface area contributed by atoms with E-state index in [0.29, 0.717) is 15.4 Å². The molecule has 0 bridgehead atoms. The Kier molecular flexibility index (Phi) is 7.23. The summed E-state index contributed by atoms with van der Waals surface area (Å²) in [6, 6.07) is 3.63. The number of nitrogen functional groups attached to an aromatic ring is 1. The predicted octanol–water partition coefficient (Wildman–Crippen LogP) is 4.09. The standard InChI is InChI=1S/C20H23N3O5S2/c1-6-27-18(25)15-12(11(8-21)16(22)30-15)9-28-17(24)14-10(2)7-13(29-14)23-19(26)20(3,4)5/h7H,6,9,22H2,1-5H3,(H,23,26). The summed E-state index contributed by atoms with van der Waals surface area (Å²) in [6.07, 6.45) is 0. The molecule has 0 saturated carbocycles. The fourth-order valence-electron chi connectivity index (χ4n) is 2.36. The maximum atomic E-state index is 12.6. The first-order chi connectivity index (χ1) is 14.0. The third-order valence-corrected chi connectivity index (χ3v) is 6.15. The maximum absolute atomic E-state index is 12.6. The van der Waals surface area contributed by atoms with Crippen LogP contribution in [0.3, 0.4) is 0 Å². The SMILES string of the molecule is CCOC(=O)c1sc(N)c(C#N)c1COC(=O)c1sc(NC(=O)C(C)(C)C)cc1C. The Bertz CT molecular complexity index is 1020. The van der Waals surface area contributed by atoms with Crippen LogP contribution < -0.4 is 11.1 Å². The minimum atomic E-state index is -0.628. The molecule has 3 N–H and O–H groups in total. The number of aryl methyl sites for hydroxylation is 1. The van der Waals surface area contributed by atoms with Gasteiger partial charge in [-0.2, -0.15) is 5.26 Å². The smallest absolute Gasteiger partial charge is 0.348 e. The number of amides is 1. The van der Waals surface area contributed by atoms with E-state index in [4.69, 9.17) is 15.2 Å². The second kappa shape index (κ2) is 9.28. The number of anilines is 2. The van der Waals surface area contributed by atoms with Gasteiger partial charge in [-0.05, 0) is 25.5 Å².